The molecule has 0 unspecified atom stereocenters. The molecule has 3 aromatic heterocycles. The topological polar surface area (TPSA) is 174 Å². The molecule has 0 saturated carbocycles. The fraction of sp³-hybridized carbons (Fsp3) is 0.471. The average Bonchev–Trinajstić information content (AvgIpc) is 3.67. The molecule has 5 heterocycles. The van der Waals surface area contributed by atoms with Gasteiger partial charge in [0.15, 0.2) is 11.4 Å². The SMILES string of the molecule is CCOC(=O)Cc1nc(N2C[C@@H](Oc3ncc(Cl)cc3[C@@]3(F)CCN(C(=O)CCCN)C[C@@H]3C)C[C@H]2C(=O)O)c2oc3ccccc3c2n1. The van der Waals surface area contributed by atoms with Gasteiger partial charge in [-0.1, -0.05) is 30.7 Å². The molecule has 4 atom stereocenters. The van der Waals surface area contributed by atoms with Crippen LogP contribution in [0.25, 0.3) is 22.1 Å². The Hall–Kier alpha value is -4.56. The van der Waals surface area contributed by atoms with E-state index in [0.717, 1.165) is 0 Å². The summed E-state index contributed by atoms with van der Waals surface area (Å²) in [6.45, 7) is 4.42. The third-order valence-electron chi connectivity index (χ3n) is 9.19. The standard InChI is InChI=1S/C34H38ClFN6O7/c1-3-47-28(44)15-26-39-29-22-7-4-5-8-25(22)49-30(29)31(40-26)42-18-21(14-24(42)33(45)46)48-32-23(13-20(35)16-38-32)34(36)10-12-41(17-19(34)2)27(43)9-6-11-37/h4-5,7-8,13,16,19,21,24H,3,6,9-12,14-15,17-18,37H2,1-2H3,(H,45,46)/t19-,21-,24-,34+/m0/s1. The summed E-state index contributed by atoms with van der Waals surface area (Å²) in [4.78, 5) is 54.5. The average molecular weight is 697 g/mol. The monoisotopic (exact) mass is 696 g/mol. The third-order valence-corrected chi connectivity index (χ3v) is 9.39. The maximum atomic E-state index is 17.0. The van der Waals surface area contributed by atoms with Gasteiger partial charge in [0, 0.05) is 49.9 Å². The third kappa shape index (κ3) is 6.84. The molecule has 0 spiro atoms. The van der Waals surface area contributed by atoms with E-state index < -0.39 is 35.7 Å². The summed E-state index contributed by atoms with van der Waals surface area (Å²) in [6, 6.07) is 7.58. The fourth-order valence-corrected chi connectivity index (χ4v) is 6.87. The van der Waals surface area contributed by atoms with E-state index in [9.17, 15) is 19.5 Å². The van der Waals surface area contributed by atoms with Crippen molar-refractivity contribution in [1.29, 1.82) is 0 Å². The maximum Gasteiger partial charge on any atom is 0.326 e. The molecule has 6 rings (SSSR count). The number of aromatic nitrogens is 3. The number of furan rings is 1. The number of hydrogen-bond acceptors (Lipinski definition) is 11. The number of amides is 1. The molecule has 4 aromatic rings. The summed E-state index contributed by atoms with van der Waals surface area (Å²) in [5.74, 6) is -2.02. The van der Waals surface area contributed by atoms with E-state index in [1.165, 1.54) is 12.3 Å². The zero-order valence-electron chi connectivity index (χ0n) is 27.2. The van der Waals surface area contributed by atoms with Crippen molar-refractivity contribution < 1.29 is 37.8 Å². The molecule has 15 heteroatoms. The highest BCUT2D eigenvalue weighted by Crippen LogP contribution is 2.46. The van der Waals surface area contributed by atoms with E-state index in [0.29, 0.717) is 35.9 Å². The molecule has 2 fully saturated rings. The van der Waals surface area contributed by atoms with Gasteiger partial charge in [0.05, 0.1) is 23.7 Å². The van der Waals surface area contributed by atoms with Crippen LogP contribution in [0.5, 0.6) is 5.88 Å². The number of piperidine rings is 1. The number of carboxylic acids is 1. The zero-order chi connectivity index (χ0) is 34.9. The number of fused-ring (bicyclic) bond motifs is 3. The number of rotatable bonds is 11. The van der Waals surface area contributed by atoms with Crippen molar-refractivity contribution in [3.63, 3.8) is 0 Å². The van der Waals surface area contributed by atoms with Gasteiger partial charge < -0.3 is 34.5 Å². The molecule has 3 N–H and O–H groups in total. The number of anilines is 1. The number of halogens is 2. The Morgan fingerprint density at radius 1 is 1.22 bits per heavy atom. The number of carboxylic acid groups (broad SMARTS) is 1. The summed E-state index contributed by atoms with van der Waals surface area (Å²) < 4.78 is 34.6. The summed E-state index contributed by atoms with van der Waals surface area (Å²) in [6.07, 6.45) is 1.24. The minimum absolute atomic E-state index is 0.00258. The van der Waals surface area contributed by atoms with Gasteiger partial charge in [-0.05, 0) is 38.1 Å². The normalized spacial score (nSPS) is 22.5. The first-order valence-electron chi connectivity index (χ1n) is 16.3. The predicted molar refractivity (Wildman–Crippen MR) is 178 cm³/mol. The molecule has 1 amide bonds. The van der Waals surface area contributed by atoms with Crippen LogP contribution in [0.3, 0.4) is 0 Å². The first-order valence-corrected chi connectivity index (χ1v) is 16.7. The Kier molecular flexibility index (Phi) is 9.89. The molecule has 2 saturated heterocycles. The second-order valence-corrected chi connectivity index (χ2v) is 12.9. The van der Waals surface area contributed by atoms with E-state index in [1.807, 2.05) is 12.1 Å². The molecule has 0 radical (unpaired) electrons. The lowest BCUT2D eigenvalue weighted by molar-refractivity contribution is -0.142. The Morgan fingerprint density at radius 2 is 2.02 bits per heavy atom. The van der Waals surface area contributed by atoms with Crippen LogP contribution in [0.1, 0.15) is 50.9 Å². The fourth-order valence-electron chi connectivity index (χ4n) is 6.71. The van der Waals surface area contributed by atoms with Crippen LogP contribution in [0, 0.1) is 5.92 Å². The Bertz CT molecular complexity index is 1890. The van der Waals surface area contributed by atoms with Crippen LogP contribution in [0.2, 0.25) is 5.02 Å². The molecule has 13 nitrogen and oxygen atoms in total. The smallest absolute Gasteiger partial charge is 0.326 e. The van der Waals surface area contributed by atoms with Gasteiger partial charge in [0.1, 0.15) is 41.2 Å². The van der Waals surface area contributed by atoms with Gasteiger partial charge in [0.25, 0.3) is 0 Å². The predicted octanol–water partition coefficient (Wildman–Crippen LogP) is 4.41. The number of aliphatic carboxylic acids is 1. The minimum Gasteiger partial charge on any atom is -0.480 e. The van der Waals surface area contributed by atoms with Gasteiger partial charge in [0.2, 0.25) is 11.8 Å². The van der Waals surface area contributed by atoms with Crippen molar-refractivity contribution in [2.45, 2.75) is 63.8 Å². The maximum absolute atomic E-state index is 17.0. The largest absolute Gasteiger partial charge is 0.480 e. The Morgan fingerprint density at radius 3 is 2.76 bits per heavy atom. The van der Waals surface area contributed by atoms with Crippen molar-refractivity contribution in [3.05, 3.63) is 52.9 Å². The van der Waals surface area contributed by atoms with Gasteiger partial charge in [-0.3, -0.25) is 9.59 Å². The van der Waals surface area contributed by atoms with Crippen molar-refractivity contribution in [3.8, 4) is 5.88 Å². The lowest BCUT2D eigenvalue weighted by Gasteiger charge is -2.42. The van der Waals surface area contributed by atoms with Gasteiger partial charge in [-0.25, -0.2) is 24.1 Å². The van der Waals surface area contributed by atoms with E-state index in [1.54, 1.807) is 35.8 Å². The van der Waals surface area contributed by atoms with Crippen molar-refractivity contribution in [2.24, 2.45) is 11.7 Å². The van der Waals surface area contributed by atoms with E-state index >= 15 is 4.39 Å². The first kappa shape index (κ1) is 34.3. The number of pyridine rings is 1. The minimum atomic E-state index is -1.92. The highest BCUT2D eigenvalue weighted by molar-refractivity contribution is 6.30. The highest BCUT2D eigenvalue weighted by Gasteiger charge is 2.47. The van der Waals surface area contributed by atoms with Gasteiger partial charge in [-0.15, -0.1) is 0 Å². The summed E-state index contributed by atoms with van der Waals surface area (Å²) in [5, 5.41) is 11.2. The molecule has 1 aromatic carbocycles. The van der Waals surface area contributed by atoms with E-state index in [4.69, 9.17) is 31.2 Å². The highest BCUT2D eigenvalue weighted by atomic mass is 35.5. The van der Waals surface area contributed by atoms with Crippen molar-refractivity contribution in [1.82, 2.24) is 19.9 Å². The summed E-state index contributed by atoms with van der Waals surface area (Å²) in [7, 11) is 0. The quantitative estimate of drug-likeness (QED) is 0.212. The number of carbonyl (C=O) groups is 3. The zero-order valence-corrected chi connectivity index (χ0v) is 28.0. The molecule has 0 bridgehead atoms. The number of likely N-dealkylation sites (tertiary alicyclic amines) is 1. The molecular formula is C34H38ClFN6O7. The lowest BCUT2D eigenvalue weighted by Crippen LogP contribution is -2.49. The van der Waals surface area contributed by atoms with Crippen LogP contribution in [0.4, 0.5) is 10.2 Å². The Labute approximate surface area is 286 Å². The van der Waals surface area contributed by atoms with Crippen LogP contribution in [-0.4, -0.2) is 87.7 Å². The number of nitrogens with zero attached hydrogens (tertiary/aromatic N) is 5. The van der Waals surface area contributed by atoms with Crippen LogP contribution in [-0.2, 0) is 31.2 Å². The number of benzene rings is 1. The van der Waals surface area contributed by atoms with Crippen molar-refractivity contribution in [2.75, 3.05) is 37.7 Å². The number of hydrogen-bond donors (Lipinski definition) is 2. The van der Waals surface area contributed by atoms with E-state index in [2.05, 4.69) is 15.0 Å². The van der Waals surface area contributed by atoms with Gasteiger partial charge in [-0.2, -0.15) is 0 Å². The molecule has 49 heavy (non-hydrogen) atoms. The number of esters is 1. The van der Waals surface area contributed by atoms with Gasteiger partial charge >= 0.3 is 11.9 Å². The van der Waals surface area contributed by atoms with Crippen LogP contribution < -0.4 is 15.4 Å². The second-order valence-electron chi connectivity index (χ2n) is 12.5. The van der Waals surface area contributed by atoms with E-state index in [-0.39, 0.29) is 85.1 Å². The molecule has 2 aliphatic rings. The lowest BCUT2D eigenvalue weighted by atomic mass is 9.78. The van der Waals surface area contributed by atoms with Crippen LogP contribution in [0.15, 0.2) is 40.9 Å². The van der Waals surface area contributed by atoms with Crippen molar-refractivity contribution >= 4 is 57.3 Å². The number of alkyl halides is 1. The number of carbonyl (C=O) groups excluding carboxylic acids is 2. The number of nitrogens with two attached hydrogens (primary N) is 1. The summed E-state index contributed by atoms with van der Waals surface area (Å²) in [5.41, 5.74) is 4.99. The molecule has 0 aliphatic carbocycles. The molecule has 2 aliphatic heterocycles. The number of ether oxygens (including phenoxy) is 2. The Balaban J connectivity index is 1.31. The molecule has 260 valence electrons. The second kappa shape index (κ2) is 14.1. The molecular weight excluding hydrogens is 659 g/mol. The first-order chi connectivity index (χ1) is 23.5. The number of para-hydroxylation sites is 1. The van der Waals surface area contributed by atoms with Crippen LogP contribution >= 0.6 is 11.6 Å². The summed E-state index contributed by atoms with van der Waals surface area (Å²) >= 11 is 6.32.